The van der Waals surface area contributed by atoms with Crippen LogP contribution in [0.2, 0.25) is 0 Å². The van der Waals surface area contributed by atoms with Gasteiger partial charge in [-0.3, -0.25) is 14.3 Å². The molecule has 7 nitrogen and oxygen atoms in total. The molecule has 4 heterocycles. The predicted molar refractivity (Wildman–Crippen MR) is 100 cm³/mol. The lowest BCUT2D eigenvalue weighted by molar-refractivity contribution is 0.0929. The molecule has 4 aromatic rings. The Labute approximate surface area is 154 Å². The molecule has 0 spiro atoms. The van der Waals surface area contributed by atoms with Crippen molar-refractivity contribution in [3.05, 3.63) is 59.1 Å². The van der Waals surface area contributed by atoms with Gasteiger partial charge < -0.3 is 5.32 Å². The Morgan fingerprint density at radius 1 is 1.42 bits per heavy atom. The summed E-state index contributed by atoms with van der Waals surface area (Å²) in [6.45, 7) is 4.06. The second kappa shape index (κ2) is 6.72. The van der Waals surface area contributed by atoms with E-state index < -0.39 is 0 Å². The van der Waals surface area contributed by atoms with Crippen LogP contribution in [0.1, 0.15) is 40.4 Å². The lowest BCUT2D eigenvalue weighted by atomic mass is 10.1. The number of imidazole rings is 1. The first-order chi connectivity index (χ1) is 12.6. The van der Waals surface area contributed by atoms with E-state index in [2.05, 4.69) is 25.5 Å². The second-order valence-electron chi connectivity index (χ2n) is 6.00. The Kier molecular flexibility index (Phi) is 4.26. The fourth-order valence-corrected chi connectivity index (χ4v) is 3.61. The molecular weight excluding hydrogens is 348 g/mol. The predicted octanol–water partition coefficient (Wildman–Crippen LogP) is 3.37. The van der Waals surface area contributed by atoms with E-state index in [1.807, 2.05) is 48.8 Å². The van der Waals surface area contributed by atoms with Crippen molar-refractivity contribution in [3.8, 4) is 10.6 Å². The largest absolute Gasteiger partial charge is 0.342 e. The van der Waals surface area contributed by atoms with Crippen molar-refractivity contribution in [1.29, 1.82) is 0 Å². The average Bonchev–Trinajstić information content (AvgIpc) is 3.37. The Morgan fingerprint density at radius 3 is 3.04 bits per heavy atom. The first-order valence-electron chi connectivity index (χ1n) is 8.36. The summed E-state index contributed by atoms with van der Waals surface area (Å²) < 4.78 is 1.84. The fourth-order valence-electron chi connectivity index (χ4n) is 2.78. The molecule has 0 saturated carbocycles. The third kappa shape index (κ3) is 3.11. The van der Waals surface area contributed by atoms with Crippen LogP contribution in [-0.4, -0.2) is 30.5 Å². The normalized spacial score (nSPS) is 12.4. The summed E-state index contributed by atoms with van der Waals surface area (Å²) in [6.07, 6.45) is 6.19. The van der Waals surface area contributed by atoms with E-state index in [4.69, 9.17) is 0 Å². The van der Waals surface area contributed by atoms with E-state index in [0.717, 1.165) is 22.7 Å². The maximum absolute atomic E-state index is 12.6. The molecule has 4 aromatic heterocycles. The van der Waals surface area contributed by atoms with E-state index >= 15 is 0 Å². The number of carbonyl (C=O) groups excluding carboxylic acids is 1. The lowest BCUT2D eigenvalue weighted by Crippen LogP contribution is -2.28. The number of hydrogen-bond acceptors (Lipinski definition) is 5. The van der Waals surface area contributed by atoms with Crippen LogP contribution in [0.3, 0.4) is 0 Å². The number of rotatable bonds is 5. The van der Waals surface area contributed by atoms with Gasteiger partial charge in [-0.1, -0.05) is 6.92 Å². The number of aromatic amines is 1. The third-order valence-electron chi connectivity index (χ3n) is 4.14. The van der Waals surface area contributed by atoms with Gasteiger partial charge in [0.25, 0.3) is 5.91 Å². The topological polar surface area (TPSA) is 88.0 Å². The van der Waals surface area contributed by atoms with Gasteiger partial charge >= 0.3 is 0 Å². The SMILES string of the molecule is CCC(NC(=O)c1cc(-c2ccc(C)s2)[nH]n1)c1cn2cccnc2n1. The highest BCUT2D eigenvalue weighted by Gasteiger charge is 2.19. The number of thiophene rings is 1. The van der Waals surface area contributed by atoms with Gasteiger partial charge in [-0.25, -0.2) is 9.97 Å². The van der Waals surface area contributed by atoms with Crippen LogP contribution in [0.4, 0.5) is 0 Å². The highest BCUT2D eigenvalue weighted by molar-refractivity contribution is 7.15. The second-order valence-corrected chi connectivity index (χ2v) is 7.29. The van der Waals surface area contributed by atoms with Crippen molar-refractivity contribution < 1.29 is 4.79 Å². The molecule has 0 bridgehead atoms. The van der Waals surface area contributed by atoms with Gasteiger partial charge in [-0.15, -0.1) is 11.3 Å². The van der Waals surface area contributed by atoms with Crippen LogP contribution in [0.25, 0.3) is 16.3 Å². The number of H-pyrrole nitrogens is 1. The Morgan fingerprint density at radius 2 is 2.31 bits per heavy atom. The molecule has 1 unspecified atom stereocenters. The molecule has 8 heteroatoms. The summed E-state index contributed by atoms with van der Waals surface area (Å²) in [7, 11) is 0. The maximum Gasteiger partial charge on any atom is 0.272 e. The highest BCUT2D eigenvalue weighted by Crippen LogP contribution is 2.26. The average molecular weight is 366 g/mol. The summed E-state index contributed by atoms with van der Waals surface area (Å²) in [5.74, 6) is 0.392. The monoisotopic (exact) mass is 366 g/mol. The van der Waals surface area contributed by atoms with E-state index in [0.29, 0.717) is 11.5 Å². The first kappa shape index (κ1) is 16.5. The van der Waals surface area contributed by atoms with Crippen LogP contribution in [-0.2, 0) is 0 Å². The third-order valence-corrected chi connectivity index (χ3v) is 5.18. The minimum atomic E-state index is -0.224. The zero-order chi connectivity index (χ0) is 18.1. The molecule has 2 N–H and O–H groups in total. The Hall–Kier alpha value is -3.00. The molecular formula is C18H18N6OS. The summed E-state index contributed by atoms with van der Waals surface area (Å²) >= 11 is 1.66. The molecule has 26 heavy (non-hydrogen) atoms. The maximum atomic E-state index is 12.6. The zero-order valence-corrected chi connectivity index (χ0v) is 15.2. The highest BCUT2D eigenvalue weighted by atomic mass is 32.1. The molecule has 0 aromatic carbocycles. The van der Waals surface area contributed by atoms with E-state index in [9.17, 15) is 4.79 Å². The van der Waals surface area contributed by atoms with Crippen molar-refractivity contribution in [3.63, 3.8) is 0 Å². The summed E-state index contributed by atoms with van der Waals surface area (Å²) in [5, 5.41) is 10.1. The number of nitrogens with one attached hydrogen (secondary N) is 2. The van der Waals surface area contributed by atoms with Crippen LogP contribution in [0.5, 0.6) is 0 Å². The molecule has 0 aliphatic carbocycles. The summed E-state index contributed by atoms with van der Waals surface area (Å²) in [6, 6.07) is 7.49. The molecule has 0 aliphatic rings. The Bertz CT molecular complexity index is 1030. The molecule has 0 fully saturated rings. The number of aryl methyl sites for hydroxylation is 1. The molecule has 0 aliphatic heterocycles. The van der Waals surface area contributed by atoms with Crippen LogP contribution in [0, 0.1) is 6.92 Å². The smallest absolute Gasteiger partial charge is 0.272 e. The van der Waals surface area contributed by atoms with E-state index in [-0.39, 0.29) is 11.9 Å². The fraction of sp³-hybridized carbons (Fsp3) is 0.222. The zero-order valence-electron chi connectivity index (χ0n) is 14.4. The Balaban J connectivity index is 1.53. The number of fused-ring (bicyclic) bond motifs is 1. The molecule has 4 rings (SSSR count). The van der Waals surface area contributed by atoms with Crippen LogP contribution in [0.15, 0.2) is 42.9 Å². The van der Waals surface area contributed by atoms with Crippen molar-refractivity contribution >= 4 is 23.0 Å². The van der Waals surface area contributed by atoms with Gasteiger partial charge in [0.05, 0.1) is 22.3 Å². The van der Waals surface area contributed by atoms with Gasteiger partial charge in [0.1, 0.15) is 0 Å². The van der Waals surface area contributed by atoms with Crippen molar-refractivity contribution in [1.82, 2.24) is 29.9 Å². The van der Waals surface area contributed by atoms with Crippen LogP contribution < -0.4 is 5.32 Å². The van der Waals surface area contributed by atoms with Gasteiger partial charge in [0.15, 0.2) is 5.69 Å². The number of carbonyl (C=O) groups is 1. The number of hydrogen-bond donors (Lipinski definition) is 2. The van der Waals surface area contributed by atoms with E-state index in [1.54, 1.807) is 23.6 Å². The number of aromatic nitrogens is 5. The van der Waals surface area contributed by atoms with Crippen molar-refractivity contribution in [2.75, 3.05) is 0 Å². The summed E-state index contributed by atoms with van der Waals surface area (Å²) in [4.78, 5) is 23.6. The summed E-state index contributed by atoms with van der Waals surface area (Å²) in [5.41, 5.74) is 1.99. The van der Waals surface area contributed by atoms with Gasteiger partial charge in [0.2, 0.25) is 5.78 Å². The minimum absolute atomic E-state index is 0.201. The lowest BCUT2D eigenvalue weighted by Gasteiger charge is -2.13. The first-order valence-corrected chi connectivity index (χ1v) is 9.18. The minimum Gasteiger partial charge on any atom is -0.342 e. The quantitative estimate of drug-likeness (QED) is 0.567. The number of nitrogens with zero attached hydrogens (tertiary/aromatic N) is 4. The van der Waals surface area contributed by atoms with Crippen LogP contribution >= 0.6 is 11.3 Å². The molecule has 0 radical (unpaired) electrons. The molecule has 1 atom stereocenters. The van der Waals surface area contributed by atoms with Crippen molar-refractivity contribution in [2.24, 2.45) is 0 Å². The molecule has 132 valence electrons. The standard InChI is InChI=1S/C18H18N6OS/c1-3-12(15-10-24-8-4-7-19-18(24)21-15)20-17(25)14-9-13(22-23-14)16-6-5-11(2)26-16/h4-10,12H,3H2,1-2H3,(H,20,25)(H,22,23). The van der Waals surface area contributed by atoms with Gasteiger partial charge in [0, 0.05) is 23.5 Å². The number of amides is 1. The van der Waals surface area contributed by atoms with Crippen molar-refractivity contribution in [2.45, 2.75) is 26.3 Å². The molecule has 1 amide bonds. The van der Waals surface area contributed by atoms with Gasteiger partial charge in [-0.05, 0) is 37.6 Å². The van der Waals surface area contributed by atoms with E-state index in [1.165, 1.54) is 4.88 Å². The molecule has 0 saturated heterocycles. The van der Waals surface area contributed by atoms with Gasteiger partial charge in [-0.2, -0.15) is 5.10 Å².